The lowest BCUT2D eigenvalue weighted by Crippen LogP contribution is -2.29. The maximum Gasteiger partial charge on any atom is 0.148 e. The van der Waals surface area contributed by atoms with Crippen LogP contribution in [0, 0.1) is 0 Å². The van der Waals surface area contributed by atoms with Crippen LogP contribution in [0.3, 0.4) is 0 Å². The zero-order valence-corrected chi connectivity index (χ0v) is 8.29. The fourth-order valence-electron chi connectivity index (χ4n) is 1.50. The molecule has 12 heavy (non-hydrogen) atoms. The van der Waals surface area contributed by atoms with Crippen LogP contribution in [-0.2, 0) is 0 Å². The third-order valence-electron chi connectivity index (χ3n) is 2.17. The van der Waals surface area contributed by atoms with Gasteiger partial charge in [0.1, 0.15) is 4.60 Å². The average Bonchev–Trinajstić information content (AvgIpc) is 2.54. The van der Waals surface area contributed by atoms with Crippen molar-refractivity contribution in [3.8, 4) is 0 Å². The highest BCUT2D eigenvalue weighted by Gasteiger charge is 2.15. The van der Waals surface area contributed by atoms with E-state index in [2.05, 4.69) is 31.6 Å². The van der Waals surface area contributed by atoms with E-state index in [-0.39, 0.29) is 0 Å². The van der Waals surface area contributed by atoms with Crippen molar-refractivity contribution >= 4 is 15.9 Å². The number of nitrogens with one attached hydrogen (secondary N) is 1. The Morgan fingerprint density at radius 2 is 2.25 bits per heavy atom. The van der Waals surface area contributed by atoms with Gasteiger partial charge >= 0.3 is 0 Å². The second-order valence-electron chi connectivity index (χ2n) is 3.00. The van der Waals surface area contributed by atoms with Crippen LogP contribution in [0.5, 0.6) is 0 Å². The van der Waals surface area contributed by atoms with Gasteiger partial charge in [-0.25, -0.2) is 4.68 Å². The van der Waals surface area contributed by atoms with Crippen LogP contribution in [-0.4, -0.2) is 28.1 Å². The van der Waals surface area contributed by atoms with Gasteiger partial charge in [-0.1, -0.05) is 5.21 Å². The van der Waals surface area contributed by atoms with E-state index in [1.165, 1.54) is 0 Å². The molecule has 1 N–H and O–H groups in total. The first-order valence-corrected chi connectivity index (χ1v) is 4.93. The number of piperidine rings is 1. The van der Waals surface area contributed by atoms with E-state index < -0.39 is 0 Å². The molecular weight excluding hydrogens is 220 g/mol. The normalized spacial score (nSPS) is 19.8. The minimum Gasteiger partial charge on any atom is -0.317 e. The molecule has 0 atom stereocenters. The molecule has 66 valence electrons. The maximum absolute atomic E-state index is 4.03. The average molecular weight is 231 g/mol. The second kappa shape index (κ2) is 3.53. The summed E-state index contributed by atoms with van der Waals surface area (Å²) in [6.07, 6.45) is 4.24. The molecule has 0 aliphatic carbocycles. The van der Waals surface area contributed by atoms with Gasteiger partial charge in [-0.3, -0.25) is 0 Å². The molecule has 0 bridgehead atoms. The molecule has 0 radical (unpaired) electrons. The zero-order valence-electron chi connectivity index (χ0n) is 6.70. The number of rotatable bonds is 1. The summed E-state index contributed by atoms with van der Waals surface area (Å²) in [4.78, 5) is 0. The predicted molar refractivity (Wildman–Crippen MR) is 48.9 cm³/mol. The molecule has 1 aromatic heterocycles. The Bertz CT molecular complexity index is 254. The third kappa shape index (κ3) is 1.67. The van der Waals surface area contributed by atoms with Crippen LogP contribution in [0.15, 0.2) is 10.8 Å². The van der Waals surface area contributed by atoms with E-state index in [4.69, 9.17) is 0 Å². The summed E-state index contributed by atoms with van der Waals surface area (Å²) >= 11 is 3.29. The molecular formula is C7H11BrN4. The molecule has 0 amide bonds. The maximum atomic E-state index is 4.03. The highest BCUT2D eigenvalue weighted by atomic mass is 79.9. The van der Waals surface area contributed by atoms with E-state index in [0.29, 0.717) is 6.04 Å². The monoisotopic (exact) mass is 230 g/mol. The summed E-state index contributed by atoms with van der Waals surface area (Å²) in [5.74, 6) is 0. The van der Waals surface area contributed by atoms with E-state index in [1.807, 2.05) is 10.9 Å². The summed E-state index contributed by atoms with van der Waals surface area (Å²) in [7, 11) is 0. The molecule has 2 rings (SSSR count). The second-order valence-corrected chi connectivity index (χ2v) is 3.81. The Balaban J connectivity index is 2.08. The number of nitrogens with zero attached hydrogens (tertiary/aromatic N) is 3. The van der Waals surface area contributed by atoms with Gasteiger partial charge in [0.25, 0.3) is 0 Å². The number of halogens is 1. The van der Waals surface area contributed by atoms with Gasteiger partial charge in [0.15, 0.2) is 0 Å². The van der Waals surface area contributed by atoms with Crippen molar-refractivity contribution in [2.24, 2.45) is 0 Å². The summed E-state index contributed by atoms with van der Waals surface area (Å²) in [6, 6.07) is 0.532. The first kappa shape index (κ1) is 8.19. The van der Waals surface area contributed by atoms with Gasteiger partial charge in [-0.15, -0.1) is 5.10 Å². The van der Waals surface area contributed by atoms with Gasteiger partial charge in [0.05, 0.1) is 12.2 Å². The van der Waals surface area contributed by atoms with E-state index in [1.54, 1.807) is 0 Å². The third-order valence-corrected chi connectivity index (χ3v) is 2.53. The summed E-state index contributed by atoms with van der Waals surface area (Å²) in [5.41, 5.74) is 0. The lowest BCUT2D eigenvalue weighted by Gasteiger charge is -2.21. The topological polar surface area (TPSA) is 42.7 Å². The van der Waals surface area contributed by atoms with Gasteiger partial charge in [0, 0.05) is 0 Å². The number of hydrogen-bond acceptors (Lipinski definition) is 3. The molecule has 0 unspecified atom stereocenters. The molecule has 1 saturated heterocycles. The lowest BCUT2D eigenvalue weighted by atomic mass is 10.1. The predicted octanol–water partition coefficient (Wildman–Crippen LogP) is 0.965. The van der Waals surface area contributed by atoms with Gasteiger partial charge in [-0.2, -0.15) is 0 Å². The fourth-order valence-corrected chi connectivity index (χ4v) is 1.79. The van der Waals surface area contributed by atoms with Crippen molar-refractivity contribution in [3.63, 3.8) is 0 Å². The molecule has 1 fully saturated rings. The van der Waals surface area contributed by atoms with E-state index >= 15 is 0 Å². The van der Waals surface area contributed by atoms with Crippen LogP contribution in [0.4, 0.5) is 0 Å². The van der Waals surface area contributed by atoms with Crippen LogP contribution in [0.25, 0.3) is 0 Å². The fraction of sp³-hybridized carbons (Fsp3) is 0.714. The van der Waals surface area contributed by atoms with E-state index in [0.717, 1.165) is 30.5 Å². The van der Waals surface area contributed by atoms with Crippen LogP contribution in [0.1, 0.15) is 18.9 Å². The molecule has 1 aliphatic heterocycles. The van der Waals surface area contributed by atoms with Gasteiger partial charge in [0.2, 0.25) is 0 Å². The summed E-state index contributed by atoms with van der Waals surface area (Å²) in [5, 5.41) is 11.3. The molecule has 0 aromatic carbocycles. The Labute approximate surface area is 79.5 Å². The Morgan fingerprint density at radius 1 is 1.50 bits per heavy atom. The molecule has 0 saturated carbocycles. The largest absolute Gasteiger partial charge is 0.317 e. The number of aromatic nitrogens is 3. The van der Waals surface area contributed by atoms with Crippen molar-refractivity contribution in [3.05, 3.63) is 10.8 Å². The van der Waals surface area contributed by atoms with Crippen molar-refractivity contribution < 1.29 is 0 Å². The standard InChI is InChI=1S/C7H11BrN4/c8-7-5-12(11-10-7)6-1-3-9-4-2-6/h5-6,9H,1-4H2. The van der Waals surface area contributed by atoms with Gasteiger partial charge in [-0.05, 0) is 41.9 Å². The van der Waals surface area contributed by atoms with Gasteiger partial charge < -0.3 is 5.32 Å². The van der Waals surface area contributed by atoms with Crippen molar-refractivity contribution in [2.75, 3.05) is 13.1 Å². The van der Waals surface area contributed by atoms with Crippen LogP contribution in [0.2, 0.25) is 0 Å². The zero-order chi connectivity index (χ0) is 8.39. The molecule has 5 heteroatoms. The molecule has 4 nitrogen and oxygen atoms in total. The first-order valence-electron chi connectivity index (χ1n) is 4.14. The Hall–Kier alpha value is -0.420. The minimum absolute atomic E-state index is 0.532. The van der Waals surface area contributed by atoms with Crippen LogP contribution >= 0.6 is 15.9 Å². The van der Waals surface area contributed by atoms with Crippen LogP contribution < -0.4 is 5.32 Å². The molecule has 0 spiro atoms. The number of hydrogen-bond donors (Lipinski definition) is 1. The van der Waals surface area contributed by atoms with Crippen molar-refractivity contribution in [1.29, 1.82) is 0 Å². The molecule has 2 heterocycles. The SMILES string of the molecule is Brc1cn(C2CCNCC2)nn1. The highest BCUT2D eigenvalue weighted by molar-refractivity contribution is 9.10. The highest BCUT2D eigenvalue weighted by Crippen LogP contribution is 2.18. The minimum atomic E-state index is 0.532. The Morgan fingerprint density at radius 3 is 2.83 bits per heavy atom. The quantitative estimate of drug-likeness (QED) is 0.782. The molecule has 1 aliphatic rings. The first-order chi connectivity index (χ1) is 5.86. The molecule has 1 aromatic rings. The lowest BCUT2D eigenvalue weighted by molar-refractivity contribution is 0.337. The summed E-state index contributed by atoms with van der Waals surface area (Å²) < 4.78 is 2.77. The smallest absolute Gasteiger partial charge is 0.148 e. The summed E-state index contributed by atoms with van der Waals surface area (Å²) in [6.45, 7) is 2.17. The van der Waals surface area contributed by atoms with Crippen molar-refractivity contribution in [2.45, 2.75) is 18.9 Å². The Kier molecular flexibility index (Phi) is 2.41. The van der Waals surface area contributed by atoms with E-state index in [9.17, 15) is 0 Å². The van der Waals surface area contributed by atoms with Crippen molar-refractivity contribution in [1.82, 2.24) is 20.3 Å².